The van der Waals surface area contributed by atoms with E-state index in [0.29, 0.717) is 6.04 Å². The van der Waals surface area contributed by atoms with Crippen molar-refractivity contribution in [2.45, 2.75) is 65.1 Å². The average Bonchev–Trinajstić information content (AvgIpc) is 2.34. The van der Waals surface area contributed by atoms with Crippen molar-refractivity contribution in [1.29, 1.82) is 0 Å². The van der Waals surface area contributed by atoms with Gasteiger partial charge in [0.05, 0.1) is 6.04 Å². The van der Waals surface area contributed by atoms with E-state index in [-0.39, 0.29) is 17.9 Å². The van der Waals surface area contributed by atoms with Gasteiger partial charge in [0, 0.05) is 6.04 Å². The number of carbonyl (C=O) groups excluding carboxylic acids is 1. The van der Waals surface area contributed by atoms with Gasteiger partial charge in [0.25, 0.3) is 0 Å². The Morgan fingerprint density at radius 3 is 2.37 bits per heavy atom. The normalized spacial score (nSPS) is 23.9. The molecule has 5 heteroatoms. The van der Waals surface area contributed by atoms with E-state index in [1.807, 2.05) is 6.92 Å². The predicted octanol–water partition coefficient (Wildman–Crippen LogP) is 1.47. The number of likely N-dealkylation sites (tertiary alicyclic amines) is 1. The van der Waals surface area contributed by atoms with Crippen LogP contribution < -0.4 is 5.32 Å². The first kappa shape index (κ1) is 16.0. The van der Waals surface area contributed by atoms with Crippen LogP contribution in [0.15, 0.2) is 0 Å². The minimum Gasteiger partial charge on any atom is -0.480 e. The van der Waals surface area contributed by atoms with Crippen LogP contribution in [0.3, 0.4) is 0 Å². The van der Waals surface area contributed by atoms with Crippen LogP contribution in [0.4, 0.5) is 0 Å². The molecule has 0 aliphatic carbocycles. The number of nitrogens with one attached hydrogen (secondary N) is 1. The van der Waals surface area contributed by atoms with Gasteiger partial charge in [-0.05, 0) is 39.2 Å². The molecule has 3 atom stereocenters. The third-order valence-electron chi connectivity index (χ3n) is 3.96. The highest BCUT2D eigenvalue weighted by atomic mass is 16.4. The van der Waals surface area contributed by atoms with Crippen molar-refractivity contribution in [3.05, 3.63) is 0 Å². The number of aliphatic carboxylic acids is 1. The first-order valence-corrected chi connectivity index (χ1v) is 7.13. The maximum atomic E-state index is 12.2. The van der Waals surface area contributed by atoms with Crippen LogP contribution in [0.25, 0.3) is 0 Å². The van der Waals surface area contributed by atoms with Gasteiger partial charge in [-0.2, -0.15) is 0 Å². The Morgan fingerprint density at radius 1 is 1.26 bits per heavy atom. The Morgan fingerprint density at radius 2 is 1.89 bits per heavy atom. The monoisotopic (exact) mass is 270 g/mol. The number of carboxylic acids is 1. The van der Waals surface area contributed by atoms with Crippen molar-refractivity contribution < 1.29 is 14.7 Å². The van der Waals surface area contributed by atoms with Crippen LogP contribution in [0.2, 0.25) is 0 Å². The van der Waals surface area contributed by atoms with E-state index in [1.54, 1.807) is 13.8 Å². The van der Waals surface area contributed by atoms with Crippen LogP contribution in [0.1, 0.15) is 47.0 Å². The lowest BCUT2D eigenvalue weighted by molar-refractivity contribution is -0.144. The number of amides is 1. The van der Waals surface area contributed by atoms with E-state index in [0.717, 1.165) is 19.4 Å². The minimum absolute atomic E-state index is 0.118. The van der Waals surface area contributed by atoms with Crippen molar-refractivity contribution in [2.75, 3.05) is 6.54 Å². The Bertz CT molecular complexity index is 331. The van der Waals surface area contributed by atoms with Gasteiger partial charge in [-0.1, -0.05) is 20.3 Å². The van der Waals surface area contributed by atoms with Crippen LogP contribution in [0, 0.1) is 5.92 Å². The molecular formula is C14H26N2O3. The van der Waals surface area contributed by atoms with E-state index in [1.165, 1.54) is 6.42 Å². The summed E-state index contributed by atoms with van der Waals surface area (Å²) in [5.41, 5.74) is 0. The molecule has 2 N–H and O–H groups in total. The van der Waals surface area contributed by atoms with Crippen LogP contribution in [-0.4, -0.2) is 46.6 Å². The summed E-state index contributed by atoms with van der Waals surface area (Å²) in [6.07, 6.45) is 3.41. The van der Waals surface area contributed by atoms with Gasteiger partial charge in [-0.15, -0.1) is 0 Å². The van der Waals surface area contributed by atoms with E-state index in [9.17, 15) is 9.59 Å². The highest BCUT2D eigenvalue weighted by Crippen LogP contribution is 2.19. The molecule has 0 saturated carbocycles. The van der Waals surface area contributed by atoms with E-state index in [4.69, 9.17) is 5.11 Å². The second kappa shape index (κ2) is 6.89. The molecule has 0 radical (unpaired) electrons. The molecule has 1 rings (SSSR count). The fraction of sp³-hybridized carbons (Fsp3) is 0.857. The summed E-state index contributed by atoms with van der Waals surface area (Å²) >= 11 is 0. The second-order valence-corrected chi connectivity index (χ2v) is 5.83. The van der Waals surface area contributed by atoms with Crippen molar-refractivity contribution in [2.24, 2.45) is 5.92 Å². The molecule has 1 saturated heterocycles. The molecule has 1 aliphatic heterocycles. The van der Waals surface area contributed by atoms with Gasteiger partial charge in [0.15, 0.2) is 0 Å². The van der Waals surface area contributed by atoms with Gasteiger partial charge >= 0.3 is 5.97 Å². The molecule has 1 amide bonds. The summed E-state index contributed by atoms with van der Waals surface area (Å²) in [5.74, 6) is -1.27. The standard InChI is InChI=1S/C14H26N2O3/c1-9(2)12(14(18)19)15-13(17)11(4)16-8-6-5-7-10(16)3/h9-12H,5-8H2,1-4H3,(H,15,17)(H,18,19). The van der Waals surface area contributed by atoms with Crippen molar-refractivity contribution >= 4 is 11.9 Å². The molecule has 0 aromatic carbocycles. The Kier molecular flexibility index (Phi) is 5.79. The Balaban J connectivity index is 2.63. The first-order valence-electron chi connectivity index (χ1n) is 7.13. The average molecular weight is 270 g/mol. The minimum atomic E-state index is -0.970. The van der Waals surface area contributed by atoms with Gasteiger partial charge < -0.3 is 10.4 Å². The Hall–Kier alpha value is -1.10. The molecule has 1 aliphatic rings. The number of carboxylic acid groups (broad SMARTS) is 1. The largest absolute Gasteiger partial charge is 0.480 e. The summed E-state index contributed by atoms with van der Waals surface area (Å²) in [5, 5.41) is 11.8. The number of rotatable bonds is 5. The van der Waals surface area contributed by atoms with Crippen LogP contribution in [-0.2, 0) is 9.59 Å². The van der Waals surface area contributed by atoms with Gasteiger partial charge in [-0.3, -0.25) is 9.69 Å². The molecule has 0 bridgehead atoms. The van der Waals surface area contributed by atoms with Crippen molar-refractivity contribution in [1.82, 2.24) is 10.2 Å². The number of carbonyl (C=O) groups is 2. The zero-order chi connectivity index (χ0) is 14.6. The van der Waals surface area contributed by atoms with Gasteiger partial charge in [0.2, 0.25) is 5.91 Å². The zero-order valence-corrected chi connectivity index (χ0v) is 12.3. The van der Waals surface area contributed by atoms with Crippen LogP contribution in [0.5, 0.6) is 0 Å². The summed E-state index contributed by atoms with van der Waals surface area (Å²) in [6, 6.07) is -0.692. The highest BCUT2D eigenvalue weighted by molar-refractivity contribution is 5.86. The molecular weight excluding hydrogens is 244 g/mol. The second-order valence-electron chi connectivity index (χ2n) is 5.83. The summed E-state index contributed by atoms with van der Waals surface area (Å²) in [4.78, 5) is 25.5. The first-order chi connectivity index (χ1) is 8.84. The van der Waals surface area contributed by atoms with Crippen molar-refractivity contribution in [3.8, 4) is 0 Å². The van der Waals surface area contributed by atoms with Crippen LogP contribution >= 0.6 is 0 Å². The number of piperidine rings is 1. The summed E-state index contributed by atoms with van der Waals surface area (Å²) in [7, 11) is 0. The third kappa shape index (κ3) is 4.20. The Labute approximate surface area is 115 Å². The number of hydrogen-bond donors (Lipinski definition) is 2. The fourth-order valence-corrected chi connectivity index (χ4v) is 2.63. The summed E-state index contributed by atoms with van der Waals surface area (Å²) < 4.78 is 0. The SMILES string of the molecule is CC(C)C(NC(=O)C(C)N1CCCCC1C)C(=O)O. The van der Waals surface area contributed by atoms with Gasteiger partial charge in [-0.25, -0.2) is 4.79 Å². The molecule has 3 unspecified atom stereocenters. The fourth-order valence-electron chi connectivity index (χ4n) is 2.63. The molecule has 19 heavy (non-hydrogen) atoms. The lowest BCUT2D eigenvalue weighted by atomic mass is 10.0. The molecule has 110 valence electrons. The van der Waals surface area contributed by atoms with Gasteiger partial charge in [0.1, 0.15) is 6.04 Å². The maximum Gasteiger partial charge on any atom is 0.326 e. The maximum absolute atomic E-state index is 12.2. The number of hydrogen-bond acceptors (Lipinski definition) is 3. The number of nitrogens with zero attached hydrogens (tertiary/aromatic N) is 1. The van der Waals surface area contributed by atoms with E-state index in [2.05, 4.69) is 17.1 Å². The smallest absolute Gasteiger partial charge is 0.326 e. The molecule has 5 nitrogen and oxygen atoms in total. The quantitative estimate of drug-likeness (QED) is 0.794. The zero-order valence-electron chi connectivity index (χ0n) is 12.3. The lowest BCUT2D eigenvalue weighted by Crippen LogP contribution is -2.54. The molecule has 1 heterocycles. The topological polar surface area (TPSA) is 69.6 Å². The van der Waals surface area contributed by atoms with E-state index < -0.39 is 12.0 Å². The summed E-state index contributed by atoms with van der Waals surface area (Å²) in [6.45, 7) is 8.49. The lowest BCUT2D eigenvalue weighted by Gasteiger charge is -2.37. The predicted molar refractivity (Wildman–Crippen MR) is 73.9 cm³/mol. The third-order valence-corrected chi connectivity index (χ3v) is 3.96. The molecule has 1 fully saturated rings. The van der Waals surface area contributed by atoms with Crippen molar-refractivity contribution in [3.63, 3.8) is 0 Å². The molecule has 0 spiro atoms. The van der Waals surface area contributed by atoms with E-state index >= 15 is 0 Å². The highest BCUT2D eigenvalue weighted by Gasteiger charge is 2.31. The molecule has 0 aromatic heterocycles. The molecule has 0 aromatic rings.